The first-order valence-electron chi connectivity index (χ1n) is 13.3. The van der Waals surface area contributed by atoms with Crippen LogP contribution in [0.15, 0.2) is 85.2 Å². The van der Waals surface area contributed by atoms with E-state index in [0.717, 1.165) is 28.2 Å². The second kappa shape index (κ2) is 11.2. The van der Waals surface area contributed by atoms with Gasteiger partial charge in [0, 0.05) is 6.42 Å². The first kappa shape index (κ1) is 26.7. The Morgan fingerprint density at radius 3 is 2.10 bits per heavy atom. The van der Waals surface area contributed by atoms with Crippen LogP contribution in [0.5, 0.6) is 11.5 Å². The monoisotopic (exact) mass is 553 g/mol. The van der Waals surface area contributed by atoms with Crippen molar-refractivity contribution in [1.29, 1.82) is 0 Å². The van der Waals surface area contributed by atoms with Crippen molar-refractivity contribution in [2.75, 3.05) is 26.6 Å². The van der Waals surface area contributed by atoms with Crippen molar-refractivity contribution in [3.8, 4) is 11.5 Å². The topological polar surface area (TPSA) is 138 Å². The van der Waals surface area contributed by atoms with Crippen LogP contribution in [0, 0.1) is 0 Å². The summed E-state index contributed by atoms with van der Waals surface area (Å²) in [5.41, 5.74) is 9.35. The molecule has 10 heteroatoms. The van der Waals surface area contributed by atoms with Crippen LogP contribution in [0.25, 0.3) is 11.0 Å². The van der Waals surface area contributed by atoms with E-state index in [9.17, 15) is 5.11 Å². The minimum absolute atomic E-state index is 0.105. The van der Waals surface area contributed by atoms with Crippen molar-refractivity contribution in [2.45, 2.75) is 30.3 Å². The zero-order valence-corrected chi connectivity index (χ0v) is 22.7. The van der Waals surface area contributed by atoms with E-state index >= 15 is 0 Å². The van der Waals surface area contributed by atoms with Gasteiger partial charge in [0.15, 0.2) is 11.3 Å². The third-order valence-corrected chi connectivity index (χ3v) is 7.58. The number of anilines is 1. The summed E-state index contributed by atoms with van der Waals surface area (Å²) in [5, 5.41) is 18.3. The molecule has 3 aromatic carbocycles. The normalized spacial score (nSPS) is 19.0. The highest BCUT2D eigenvalue weighted by Crippen LogP contribution is 2.43. The maximum absolute atomic E-state index is 11.1. The first-order valence-corrected chi connectivity index (χ1v) is 13.3. The fraction of sp³-hybridized carbons (Fsp3) is 0.258. The number of nitrogens with zero attached hydrogens (tertiary/aromatic N) is 3. The van der Waals surface area contributed by atoms with Gasteiger partial charge >= 0.3 is 0 Å². The lowest BCUT2D eigenvalue weighted by molar-refractivity contribution is -0.0831. The molecule has 1 saturated heterocycles. The van der Waals surface area contributed by atoms with Gasteiger partial charge in [-0.2, -0.15) is 5.10 Å². The van der Waals surface area contributed by atoms with Gasteiger partial charge in [-0.15, -0.1) is 0 Å². The summed E-state index contributed by atoms with van der Waals surface area (Å²) in [6.45, 7) is 0.105. The Morgan fingerprint density at radius 2 is 1.49 bits per heavy atom. The number of methoxy groups -OCH3 is 2. The molecule has 10 nitrogen and oxygen atoms in total. The van der Waals surface area contributed by atoms with E-state index in [4.69, 9.17) is 24.7 Å². The number of aliphatic hydroxyl groups is 1. The molecule has 0 aliphatic carbocycles. The van der Waals surface area contributed by atoms with Crippen LogP contribution in [-0.4, -0.2) is 58.3 Å². The number of aliphatic hydroxyl groups excluding tert-OH is 1. The van der Waals surface area contributed by atoms with Gasteiger partial charge in [0.1, 0.15) is 41.2 Å². The number of aromatic nitrogens is 4. The second-order valence-electron chi connectivity index (χ2n) is 9.87. The molecule has 41 heavy (non-hydrogen) atoms. The molecule has 2 aromatic heterocycles. The maximum Gasteiger partial charge on any atom is 0.155 e. The third kappa shape index (κ3) is 4.86. The van der Waals surface area contributed by atoms with E-state index in [1.807, 2.05) is 78.9 Å². The molecule has 3 atom stereocenters. The highest BCUT2D eigenvalue weighted by molar-refractivity contribution is 5.85. The Kier molecular flexibility index (Phi) is 7.27. The van der Waals surface area contributed by atoms with E-state index in [-0.39, 0.29) is 12.4 Å². The van der Waals surface area contributed by atoms with E-state index in [2.05, 4.69) is 20.2 Å². The van der Waals surface area contributed by atoms with E-state index in [1.165, 1.54) is 6.33 Å². The molecule has 0 saturated carbocycles. The van der Waals surface area contributed by atoms with Gasteiger partial charge in [0.05, 0.1) is 32.6 Å². The minimum atomic E-state index is -1.02. The van der Waals surface area contributed by atoms with Crippen molar-refractivity contribution < 1.29 is 24.1 Å². The molecule has 0 bridgehead atoms. The zero-order chi connectivity index (χ0) is 28.4. The summed E-state index contributed by atoms with van der Waals surface area (Å²) in [6, 6.07) is 25.6. The number of rotatable bonds is 9. The summed E-state index contributed by atoms with van der Waals surface area (Å²) >= 11 is 0. The van der Waals surface area contributed by atoms with E-state index < -0.39 is 23.9 Å². The number of ether oxygens (including phenoxy) is 4. The fourth-order valence-electron chi connectivity index (χ4n) is 5.44. The molecule has 3 heterocycles. The smallest absolute Gasteiger partial charge is 0.155 e. The molecule has 1 aliphatic heterocycles. The van der Waals surface area contributed by atoms with Gasteiger partial charge in [-0.1, -0.05) is 54.6 Å². The maximum atomic E-state index is 11.1. The summed E-state index contributed by atoms with van der Waals surface area (Å²) < 4.78 is 24.1. The van der Waals surface area contributed by atoms with Crippen LogP contribution in [0.1, 0.15) is 34.9 Å². The van der Waals surface area contributed by atoms with Crippen molar-refractivity contribution in [3.63, 3.8) is 0 Å². The van der Waals surface area contributed by atoms with Crippen LogP contribution >= 0.6 is 0 Å². The molecule has 1 aliphatic rings. The number of H-pyrrole nitrogens is 1. The summed E-state index contributed by atoms with van der Waals surface area (Å²) in [5.74, 6) is 1.75. The number of hydrogen-bond acceptors (Lipinski definition) is 9. The van der Waals surface area contributed by atoms with Crippen LogP contribution in [0.3, 0.4) is 0 Å². The van der Waals surface area contributed by atoms with Crippen molar-refractivity contribution in [3.05, 3.63) is 108 Å². The quantitative estimate of drug-likeness (QED) is 0.230. The number of fused-ring (bicyclic) bond motifs is 1. The average Bonchev–Trinajstić information content (AvgIpc) is 3.62. The number of nitrogens with two attached hydrogens (primary N) is 1. The van der Waals surface area contributed by atoms with Crippen molar-refractivity contribution in [2.24, 2.45) is 0 Å². The molecule has 210 valence electrons. The molecular formula is C31H31N5O5. The first-order chi connectivity index (χ1) is 20.0. The van der Waals surface area contributed by atoms with Gasteiger partial charge in [-0.3, -0.25) is 5.10 Å². The summed E-state index contributed by atoms with van der Waals surface area (Å²) in [6.07, 6.45) is -0.125. The lowest BCUT2D eigenvalue weighted by Gasteiger charge is -2.37. The molecule has 1 fully saturated rings. The molecule has 5 aromatic rings. The molecule has 0 radical (unpaired) electrons. The van der Waals surface area contributed by atoms with Crippen LogP contribution < -0.4 is 15.2 Å². The minimum Gasteiger partial charge on any atom is -0.497 e. The van der Waals surface area contributed by atoms with Gasteiger partial charge in [-0.05, 0) is 41.0 Å². The predicted molar refractivity (Wildman–Crippen MR) is 153 cm³/mol. The lowest BCUT2D eigenvalue weighted by Crippen LogP contribution is -2.38. The number of nitrogens with one attached hydrogen (secondary N) is 1. The van der Waals surface area contributed by atoms with Crippen LogP contribution in [0.4, 0.5) is 5.82 Å². The number of nitrogen functional groups attached to an aromatic ring is 1. The molecule has 6 rings (SSSR count). The predicted octanol–water partition coefficient (Wildman–Crippen LogP) is 4.15. The van der Waals surface area contributed by atoms with Crippen molar-refractivity contribution in [1.82, 2.24) is 20.2 Å². The van der Waals surface area contributed by atoms with Gasteiger partial charge in [0.25, 0.3) is 0 Å². The van der Waals surface area contributed by atoms with Crippen molar-refractivity contribution >= 4 is 16.9 Å². The van der Waals surface area contributed by atoms with Gasteiger partial charge < -0.3 is 29.8 Å². The largest absolute Gasteiger partial charge is 0.497 e. The number of hydrogen-bond donors (Lipinski definition) is 3. The molecule has 4 N–H and O–H groups in total. The van der Waals surface area contributed by atoms with Crippen LogP contribution in [-0.2, 0) is 15.1 Å². The van der Waals surface area contributed by atoms with Crippen LogP contribution in [0.2, 0.25) is 0 Å². The zero-order valence-electron chi connectivity index (χ0n) is 22.7. The van der Waals surface area contributed by atoms with E-state index in [0.29, 0.717) is 23.1 Å². The molecular weight excluding hydrogens is 522 g/mol. The highest BCUT2D eigenvalue weighted by Gasteiger charge is 2.42. The van der Waals surface area contributed by atoms with E-state index in [1.54, 1.807) is 14.2 Å². The summed E-state index contributed by atoms with van der Waals surface area (Å²) in [4.78, 5) is 8.33. The van der Waals surface area contributed by atoms with Gasteiger partial charge in [0.2, 0.25) is 0 Å². The molecule has 0 unspecified atom stereocenters. The average molecular weight is 554 g/mol. The Labute approximate surface area is 237 Å². The molecule has 0 spiro atoms. The number of benzene rings is 3. The Hall–Kier alpha value is -4.51. The highest BCUT2D eigenvalue weighted by atomic mass is 16.6. The second-order valence-corrected chi connectivity index (χ2v) is 9.87. The lowest BCUT2D eigenvalue weighted by atomic mass is 9.80. The Morgan fingerprint density at radius 1 is 0.878 bits per heavy atom. The fourth-order valence-corrected chi connectivity index (χ4v) is 5.44. The SMILES string of the molecule is COc1ccc(C(OC[C@H]2O[C@@H](c3[nH]nc4c(N)ncnc34)C[C@@H]2O)(c2ccccc2)c2ccc(OC)cc2)cc1. The van der Waals surface area contributed by atoms with Gasteiger partial charge in [-0.25, -0.2) is 9.97 Å². The Balaban J connectivity index is 1.37. The standard InChI is InChI=1S/C31H31N5O5/c1-38-22-12-8-20(9-13-22)31(19-6-4-3-5-7-19,21-10-14-23(39-2)15-11-21)40-17-26-24(37)16-25(41-26)27-28-29(36-35-27)30(32)34-18-33-28/h3-15,18,24-26,37H,16-17H2,1-2H3,(H,35,36)(H2,32,33,34)/t24-,25+,26+/m0/s1. The Bertz CT molecular complexity index is 1560. The third-order valence-electron chi connectivity index (χ3n) is 7.58. The number of aromatic amines is 1. The molecule has 0 amide bonds. The summed E-state index contributed by atoms with van der Waals surface area (Å²) in [7, 11) is 3.27.